The van der Waals surface area contributed by atoms with E-state index in [0.717, 1.165) is 22.0 Å². The summed E-state index contributed by atoms with van der Waals surface area (Å²) in [4.78, 5) is 0. The number of hydrogen-bond acceptors (Lipinski definition) is 3. The van der Waals surface area contributed by atoms with Crippen LogP contribution < -0.4 is 10.5 Å². The van der Waals surface area contributed by atoms with Crippen molar-refractivity contribution in [3.05, 3.63) is 40.9 Å². The zero-order valence-corrected chi connectivity index (χ0v) is 12.3. The topological polar surface area (TPSA) is 44.5 Å². The molecule has 0 amide bonds. The van der Waals surface area contributed by atoms with Crippen LogP contribution in [0.25, 0.3) is 10.8 Å². The number of benzene rings is 2. The smallest absolute Gasteiger partial charge is 0.134 e. The van der Waals surface area contributed by atoms with Crippen LogP contribution in [0.1, 0.15) is 6.42 Å². The van der Waals surface area contributed by atoms with Crippen molar-refractivity contribution in [2.45, 2.75) is 24.7 Å². The Bertz CT molecular complexity index is 602. The van der Waals surface area contributed by atoms with Crippen molar-refractivity contribution < 1.29 is 9.47 Å². The molecule has 0 aliphatic heterocycles. The Labute approximate surface area is 120 Å². The van der Waals surface area contributed by atoms with E-state index in [1.54, 1.807) is 7.11 Å². The molecule has 0 spiro atoms. The number of fused-ring (bicyclic) bond motifs is 1. The van der Waals surface area contributed by atoms with Gasteiger partial charge in [0.15, 0.2) is 0 Å². The van der Waals surface area contributed by atoms with Gasteiger partial charge in [-0.15, -0.1) is 0 Å². The Hall–Kier alpha value is -1.10. The van der Waals surface area contributed by atoms with Gasteiger partial charge in [0.2, 0.25) is 0 Å². The number of ether oxygens (including phenoxy) is 2. The average molecular weight is 322 g/mol. The maximum absolute atomic E-state index is 6.01. The van der Waals surface area contributed by atoms with Gasteiger partial charge in [-0.05, 0) is 32.8 Å². The third kappa shape index (κ3) is 2.24. The van der Waals surface area contributed by atoms with Gasteiger partial charge in [-0.1, -0.05) is 30.3 Å². The van der Waals surface area contributed by atoms with Crippen LogP contribution in [0.15, 0.2) is 40.9 Å². The van der Waals surface area contributed by atoms with Crippen LogP contribution in [-0.2, 0) is 4.74 Å². The summed E-state index contributed by atoms with van der Waals surface area (Å²) in [5.41, 5.74) is 5.89. The fourth-order valence-corrected chi connectivity index (χ4v) is 3.11. The Morgan fingerprint density at radius 2 is 2.00 bits per heavy atom. The maximum atomic E-state index is 6.01. The van der Waals surface area contributed by atoms with Gasteiger partial charge in [0.05, 0.1) is 4.47 Å². The summed E-state index contributed by atoms with van der Waals surface area (Å²) in [6, 6.07) is 12.3. The van der Waals surface area contributed by atoms with Crippen molar-refractivity contribution >= 4 is 26.7 Å². The molecule has 2 aromatic carbocycles. The number of nitrogens with two attached hydrogens (primary N) is 1. The lowest BCUT2D eigenvalue weighted by atomic mass is 9.86. The quantitative estimate of drug-likeness (QED) is 0.944. The molecule has 2 aromatic rings. The highest BCUT2D eigenvalue weighted by Crippen LogP contribution is 2.36. The molecule has 0 heterocycles. The van der Waals surface area contributed by atoms with E-state index in [2.05, 4.69) is 34.1 Å². The molecular formula is C15H16BrNO2. The van der Waals surface area contributed by atoms with E-state index >= 15 is 0 Å². The van der Waals surface area contributed by atoms with Crippen LogP contribution >= 0.6 is 15.9 Å². The Kier molecular flexibility index (Phi) is 3.48. The van der Waals surface area contributed by atoms with Gasteiger partial charge in [0, 0.05) is 19.6 Å². The fraction of sp³-hybridized carbons (Fsp3) is 0.333. The molecule has 100 valence electrons. The first-order valence-corrected chi connectivity index (χ1v) is 7.12. The molecule has 1 saturated carbocycles. The van der Waals surface area contributed by atoms with Crippen molar-refractivity contribution in [3.8, 4) is 5.75 Å². The van der Waals surface area contributed by atoms with Crippen LogP contribution in [0.4, 0.5) is 0 Å². The lowest BCUT2D eigenvalue weighted by Crippen LogP contribution is -2.59. The first kappa shape index (κ1) is 12.9. The molecule has 3 nitrogen and oxygen atoms in total. The highest BCUT2D eigenvalue weighted by atomic mass is 79.9. The van der Waals surface area contributed by atoms with E-state index in [9.17, 15) is 0 Å². The first-order valence-electron chi connectivity index (χ1n) is 6.33. The van der Waals surface area contributed by atoms with Crippen molar-refractivity contribution in [1.29, 1.82) is 0 Å². The summed E-state index contributed by atoms with van der Waals surface area (Å²) in [6.07, 6.45) is 0.855. The third-order valence-corrected chi connectivity index (χ3v) is 4.49. The molecule has 0 bridgehead atoms. The van der Waals surface area contributed by atoms with Crippen LogP contribution in [0.2, 0.25) is 0 Å². The van der Waals surface area contributed by atoms with Gasteiger partial charge < -0.3 is 15.2 Å². The Morgan fingerprint density at radius 1 is 1.21 bits per heavy atom. The van der Waals surface area contributed by atoms with Gasteiger partial charge in [0.1, 0.15) is 18.0 Å². The third-order valence-electron chi connectivity index (χ3n) is 3.67. The van der Waals surface area contributed by atoms with Crippen LogP contribution in [0, 0.1) is 0 Å². The fourth-order valence-electron chi connectivity index (χ4n) is 2.53. The van der Waals surface area contributed by atoms with E-state index < -0.39 is 0 Å². The average Bonchev–Trinajstić information content (AvgIpc) is 2.41. The Morgan fingerprint density at radius 3 is 2.74 bits per heavy atom. The lowest BCUT2D eigenvalue weighted by molar-refractivity contribution is -0.0784. The van der Waals surface area contributed by atoms with E-state index in [0.29, 0.717) is 0 Å². The Balaban J connectivity index is 1.88. The molecular weight excluding hydrogens is 306 g/mol. The lowest BCUT2D eigenvalue weighted by Gasteiger charge is -2.41. The van der Waals surface area contributed by atoms with E-state index in [4.69, 9.17) is 15.2 Å². The second kappa shape index (κ2) is 5.12. The summed E-state index contributed by atoms with van der Waals surface area (Å²) in [5, 5.41) is 2.34. The first-order chi connectivity index (χ1) is 9.20. The van der Waals surface area contributed by atoms with Crippen LogP contribution in [0.3, 0.4) is 0 Å². The summed E-state index contributed by atoms with van der Waals surface area (Å²) < 4.78 is 12.3. The highest BCUT2D eigenvalue weighted by Gasteiger charge is 2.41. The summed E-state index contributed by atoms with van der Waals surface area (Å²) >= 11 is 3.62. The minimum absolute atomic E-state index is 0.0154. The second-order valence-corrected chi connectivity index (χ2v) is 5.65. The number of halogens is 1. The standard InChI is InChI=1S/C15H16BrNO2/c1-18-15-11(17)8-13(15)19-12-7-6-9-4-2-3-5-10(9)14(12)16/h2-7,11,13,15H,8,17H2,1H3. The van der Waals surface area contributed by atoms with Crippen molar-refractivity contribution in [3.63, 3.8) is 0 Å². The predicted octanol–water partition coefficient (Wildman–Crippen LogP) is 3.10. The molecule has 1 aliphatic rings. The van der Waals surface area contributed by atoms with Gasteiger partial charge in [-0.3, -0.25) is 0 Å². The molecule has 0 saturated heterocycles. The number of rotatable bonds is 3. The molecule has 3 atom stereocenters. The molecule has 2 N–H and O–H groups in total. The van der Waals surface area contributed by atoms with Gasteiger partial charge >= 0.3 is 0 Å². The number of methoxy groups -OCH3 is 1. The monoisotopic (exact) mass is 321 g/mol. The predicted molar refractivity (Wildman–Crippen MR) is 79.5 cm³/mol. The van der Waals surface area contributed by atoms with Crippen molar-refractivity contribution in [2.24, 2.45) is 5.73 Å². The van der Waals surface area contributed by atoms with Crippen LogP contribution in [-0.4, -0.2) is 25.4 Å². The van der Waals surface area contributed by atoms with Crippen molar-refractivity contribution in [1.82, 2.24) is 0 Å². The highest BCUT2D eigenvalue weighted by molar-refractivity contribution is 9.10. The minimum Gasteiger partial charge on any atom is -0.486 e. The van der Waals surface area contributed by atoms with Gasteiger partial charge in [-0.25, -0.2) is 0 Å². The van der Waals surface area contributed by atoms with E-state index in [-0.39, 0.29) is 18.2 Å². The van der Waals surface area contributed by atoms with E-state index in [1.165, 1.54) is 5.39 Å². The molecule has 0 aromatic heterocycles. The number of hydrogen-bond donors (Lipinski definition) is 1. The largest absolute Gasteiger partial charge is 0.486 e. The molecule has 0 radical (unpaired) electrons. The van der Waals surface area contributed by atoms with Crippen molar-refractivity contribution in [2.75, 3.05) is 7.11 Å². The van der Waals surface area contributed by atoms with Crippen LogP contribution in [0.5, 0.6) is 5.75 Å². The normalized spacial score (nSPS) is 26.2. The minimum atomic E-state index is -0.0154. The molecule has 4 heteroatoms. The molecule has 1 aliphatic carbocycles. The second-order valence-electron chi connectivity index (χ2n) is 4.85. The van der Waals surface area contributed by atoms with Gasteiger partial charge in [0.25, 0.3) is 0 Å². The maximum Gasteiger partial charge on any atom is 0.134 e. The SMILES string of the molecule is COC1C(N)CC1Oc1ccc2ccccc2c1Br. The molecule has 3 rings (SSSR count). The zero-order chi connectivity index (χ0) is 13.4. The molecule has 3 unspecified atom stereocenters. The summed E-state index contributed by atoms with van der Waals surface area (Å²) in [7, 11) is 1.68. The molecule has 1 fully saturated rings. The summed E-state index contributed by atoms with van der Waals surface area (Å²) in [6.45, 7) is 0. The summed E-state index contributed by atoms with van der Waals surface area (Å²) in [5.74, 6) is 0.845. The van der Waals surface area contributed by atoms with Gasteiger partial charge in [-0.2, -0.15) is 0 Å². The molecule has 19 heavy (non-hydrogen) atoms. The van der Waals surface area contributed by atoms with E-state index in [1.807, 2.05) is 18.2 Å². The zero-order valence-electron chi connectivity index (χ0n) is 10.7.